The maximum Gasteiger partial charge on any atom is 1.00 e. The Labute approximate surface area is 696 Å². The van der Waals surface area contributed by atoms with Crippen molar-refractivity contribution in [3.05, 3.63) is 231 Å². The minimum atomic E-state index is -0.591. The van der Waals surface area contributed by atoms with Crippen molar-refractivity contribution in [2.24, 2.45) is 0 Å². The average Bonchev–Trinajstić information content (AvgIpc) is 1.69. The molecule has 8 aromatic rings. The molecular formula is C77H93BBrCl4LiNaO15S4. The molecule has 0 bridgehead atoms. The zero-order chi connectivity index (χ0) is 73.6. The second-order valence-corrected chi connectivity index (χ2v) is 30.4. The van der Waals surface area contributed by atoms with Crippen molar-refractivity contribution in [2.75, 3.05) is 73.2 Å². The predicted molar refractivity (Wildman–Crippen MR) is 418 cm³/mol. The molecule has 5 saturated heterocycles. The summed E-state index contributed by atoms with van der Waals surface area (Å²) in [5, 5.41) is 38.4. The maximum atomic E-state index is 12.5. The largest absolute Gasteiger partial charge is 1.00 e. The molecule has 15 nitrogen and oxygen atoms in total. The molecule has 0 spiro atoms. The van der Waals surface area contributed by atoms with Crippen molar-refractivity contribution in [1.82, 2.24) is 0 Å². The summed E-state index contributed by atoms with van der Waals surface area (Å²) in [5.41, 5.74) is 8.94. The molecule has 4 aromatic heterocycles. The van der Waals surface area contributed by atoms with E-state index in [0.717, 1.165) is 129 Å². The van der Waals surface area contributed by atoms with Gasteiger partial charge in [-0.2, -0.15) is 6.42 Å². The number of esters is 1. The zero-order valence-corrected chi connectivity index (χ0v) is 69.7. The summed E-state index contributed by atoms with van der Waals surface area (Å²) in [5.74, 6) is 0.00493. The number of halogens is 5. The fraction of sp³-hybridized carbons (Fsp3) is 0.429. The van der Waals surface area contributed by atoms with Gasteiger partial charge < -0.3 is 66.7 Å². The molecule has 5 aliphatic rings. The van der Waals surface area contributed by atoms with Crippen LogP contribution in [0.3, 0.4) is 0 Å². The average molecular weight is 1650 g/mol. The third-order valence-corrected chi connectivity index (χ3v) is 21.9. The standard InChI is InChI=1S/C18H21ClO4S.C18H19ClO4S.C16H15ClO2S.C14H12BrClO2S.C4H6O2.C4H9.C2H6.CH4O.B.Li.Na.H/c2*19-14-4-1-3-12(10-14)9-13-11-16(18-22-7-8-23-18)24-17(13)15(21)5-2-6-20;17-13-4-1-3-11(8-13)7-12-9-14(10-18)20-16(12)15-5-2-6-19-15;15-13-10(6-9-2-1-3-11(16)7-9)8-12(19-13)14-17-4-5-18-14;5-4-2-1-3-6-4;1-3-4-2;2*1-2;;;;/h1,3-4,10-11,15,18,20-21H,2,5-9H2;1,3-4,10-11,18,20H,2,5-9H2;1,3-4,8-10,15H,2,5-7H2;1-3,7-8,14H,4-6H2;1-3H2;1,3-4H2,2H3;1-2H3;2H,1H3;;;;/q;;;;;-1;;;;2*+1;-1/i;;;;;;1D;;;;;. The van der Waals surface area contributed by atoms with E-state index < -0.39 is 6.10 Å². The van der Waals surface area contributed by atoms with E-state index in [2.05, 4.69) is 58.8 Å². The molecule has 0 saturated carbocycles. The number of rotatable bonds is 22. The second kappa shape index (κ2) is 54.1. The molecule has 0 amide bonds. The van der Waals surface area contributed by atoms with Crippen LogP contribution in [0.4, 0.5) is 0 Å². The minimum absolute atomic E-state index is 0. The first-order chi connectivity index (χ1) is 49.5. The first kappa shape index (κ1) is 93.7. The molecule has 104 heavy (non-hydrogen) atoms. The Kier molecular flexibility index (Phi) is 48.7. The number of hydrogen-bond acceptors (Lipinski definition) is 19. The Morgan fingerprint density at radius 1 is 0.635 bits per heavy atom. The van der Waals surface area contributed by atoms with Crippen LogP contribution in [0.25, 0.3) is 0 Å². The van der Waals surface area contributed by atoms with Crippen LogP contribution in [-0.2, 0) is 68.4 Å². The van der Waals surface area contributed by atoms with Crippen LogP contribution in [-0.4, -0.2) is 120 Å². The molecule has 4 aromatic carbocycles. The third-order valence-electron chi connectivity index (χ3n) is 15.3. The van der Waals surface area contributed by atoms with E-state index in [1.54, 1.807) is 29.6 Å². The number of cyclic esters (lactones) is 1. The number of benzene rings is 4. The predicted octanol–water partition coefficient (Wildman–Crippen LogP) is 13.6. The number of carbonyl (C=O) groups excluding carboxylic acids is 3. The summed E-state index contributed by atoms with van der Waals surface area (Å²) >= 11 is 34.0. The number of unbranched alkanes of at least 4 members (excludes halogenated alkanes) is 1. The number of ketones is 1. The Morgan fingerprint density at radius 3 is 1.47 bits per heavy atom. The molecule has 5 aliphatic heterocycles. The zero-order valence-electron chi connectivity index (χ0n) is 61.8. The molecule has 13 rings (SSSR count). The van der Waals surface area contributed by atoms with Crippen LogP contribution in [0.1, 0.15) is 207 Å². The van der Waals surface area contributed by atoms with E-state index in [1.807, 2.05) is 97.1 Å². The summed E-state index contributed by atoms with van der Waals surface area (Å²) in [6.07, 6.45) is 10.4. The molecule has 555 valence electrons. The van der Waals surface area contributed by atoms with E-state index in [-0.39, 0.29) is 108 Å². The van der Waals surface area contributed by atoms with Crippen molar-refractivity contribution in [2.45, 2.75) is 142 Å². The van der Waals surface area contributed by atoms with Crippen molar-refractivity contribution in [1.29, 1.82) is 0 Å². The van der Waals surface area contributed by atoms with Gasteiger partial charge in [0.25, 0.3) is 0 Å². The SMILES string of the molecule is CO.Clc1cccc(Cc2cc(C3OCCO3)sc2Br)c1.O=C(CCCO)c1sc(C2OCCO2)cc1Cc1cccc(Cl)c1.O=C1CCCO1.O=Cc1cc(Cc2cccc(Cl)c2)c(C2CCCO2)s1.OCCCC(O)c1sc(C2OCCO2)cc1Cc1cccc(Cl)c1.[2H]CC.[B].[CH2-]CCC.[H-].[Li+].[Na+]. The summed E-state index contributed by atoms with van der Waals surface area (Å²) in [6, 6.07) is 39.3. The normalized spacial score (nSPS) is 15.5. The number of ether oxygens (including phenoxy) is 8. The van der Waals surface area contributed by atoms with Crippen molar-refractivity contribution < 1.29 is 124 Å². The molecule has 27 heteroatoms. The van der Waals surface area contributed by atoms with Crippen molar-refractivity contribution in [3.63, 3.8) is 0 Å². The van der Waals surface area contributed by atoms with Gasteiger partial charge in [-0.25, -0.2) is 0 Å². The number of aldehydes is 1. The van der Waals surface area contributed by atoms with Crippen LogP contribution in [0.5, 0.6) is 0 Å². The van der Waals surface area contributed by atoms with Gasteiger partial charge in [0.2, 0.25) is 0 Å². The Morgan fingerprint density at radius 2 is 1.07 bits per heavy atom. The van der Waals surface area contributed by atoms with Crippen LogP contribution in [0.15, 0.2) is 125 Å². The van der Waals surface area contributed by atoms with Gasteiger partial charge in [-0.1, -0.05) is 122 Å². The second-order valence-electron chi connectivity index (χ2n) is 22.9. The van der Waals surface area contributed by atoms with Gasteiger partial charge in [0.1, 0.15) is 0 Å². The number of carbonyl (C=O) groups is 3. The minimum Gasteiger partial charge on any atom is -1.00 e. The number of aliphatic hydroxyl groups is 4. The molecule has 5 fully saturated rings. The molecule has 2 atom stereocenters. The van der Waals surface area contributed by atoms with E-state index in [0.29, 0.717) is 108 Å². The summed E-state index contributed by atoms with van der Waals surface area (Å²) in [7, 11) is 1.00. The molecule has 9 heterocycles. The van der Waals surface area contributed by atoms with E-state index in [4.69, 9.17) is 96.3 Å². The Hall–Kier alpha value is -2.65. The fourth-order valence-corrected chi connectivity index (χ4v) is 16.6. The van der Waals surface area contributed by atoms with Crippen molar-refractivity contribution in [3.8, 4) is 0 Å². The third kappa shape index (κ3) is 32.7. The summed E-state index contributed by atoms with van der Waals surface area (Å²) in [6.45, 7) is 13.2. The fourth-order valence-electron chi connectivity index (χ4n) is 10.6. The molecule has 0 aliphatic carbocycles. The van der Waals surface area contributed by atoms with Gasteiger partial charge in [-0.3, -0.25) is 14.4 Å². The number of aliphatic hydroxyl groups excluding tert-OH is 4. The monoisotopic (exact) mass is 1650 g/mol. The topological polar surface area (TPSA) is 206 Å². The van der Waals surface area contributed by atoms with Gasteiger partial charge >= 0.3 is 54.4 Å². The number of hydrogen-bond donors (Lipinski definition) is 4. The van der Waals surface area contributed by atoms with E-state index >= 15 is 0 Å². The Balaban J connectivity index is 0.000000446. The number of thiophene rings is 4. The number of Topliss-reactive ketones (excluding diaryl/α,β-unsaturated/α-hetero) is 1. The van der Waals surface area contributed by atoms with Gasteiger partial charge in [-0.05, 0) is 197 Å². The molecular weight excluding hydrogens is 1560 g/mol. The van der Waals surface area contributed by atoms with Crippen LogP contribution in [0, 0.1) is 6.92 Å². The summed E-state index contributed by atoms with van der Waals surface area (Å²) in [4.78, 5) is 40.2. The van der Waals surface area contributed by atoms with E-state index in [1.165, 1.54) is 50.7 Å². The van der Waals surface area contributed by atoms with Gasteiger partial charge in [0.05, 0.1) is 86.6 Å². The summed E-state index contributed by atoms with van der Waals surface area (Å²) < 4.78 is 50.9. The molecule has 2 unspecified atom stereocenters. The smallest absolute Gasteiger partial charge is 1.00 e. The molecule has 4 N–H and O–H groups in total. The van der Waals surface area contributed by atoms with Crippen LogP contribution >= 0.6 is 108 Å². The van der Waals surface area contributed by atoms with Gasteiger partial charge in [0.15, 0.2) is 30.9 Å². The van der Waals surface area contributed by atoms with E-state index in [9.17, 15) is 19.5 Å². The first-order valence-corrected chi connectivity index (χ1v) is 39.1. The quantitative estimate of drug-likeness (QED) is 0.0164. The van der Waals surface area contributed by atoms with Gasteiger partial charge in [-0.15, -0.1) is 45.3 Å². The Bertz CT molecular complexity index is 3750. The first-order valence-electron chi connectivity index (χ1n) is 34.3. The maximum absolute atomic E-state index is 12.5. The van der Waals surface area contributed by atoms with Gasteiger partial charge in [0, 0.05) is 79.4 Å². The van der Waals surface area contributed by atoms with Crippen molar-refractivity contribution >= 4 is 134 Å². The molecule has 3 radical (unpaired) electrons. The van der Waals surface area contributed by atoms with Crippen LogP contribution in [0.2, 0.25) is 20.1 Å². The van der Waals surface area contributed by atoms with Crippen LogP contribution < -0.4 is 48.4 Å².